The molecule has 2 aromatic carbocycles. The van der Waals surface area contributed by atoms with Crippen LogP contribution in [0.3, 0.4) is 0 Å². The zero-order valence-electron chi connectivity index (χ0n) is 18.0. The van der Waals surface area contributed by atoms with Crippen LogP contribution in [0.25, 0.3) is 5.69 Å². The summed E-state index contributed by atoms with van der Waals surface area (Å²) in [5.74, 6) is -0.0725. The van der Waals surface area contributed by atoms with Crippen molar-refractivity contribution >= 4 is 17.5 Å². The minimum atomic E-state index is -0.0563. The van der Waals surface area contributed by atoms with Crippen molar-refractivity contribution < 1.29 is 9.59 Å². The second-order valence-corrected chi connectivity index (χ2v) is 7.48. The number of hydrogen-bond acceptors (Lipinski definition) is 3. The number of rotatable bonds is 7. The molecule has 0 aliphatic carbocycles. The predicted molar refractivity (Wildman–Crippen MR) is 119 cm³/mol. The van der Waals surface area contributed by atoms with Gasteiger partial charge in [0.1, 0.15) is 0 Å². The van der Waals surface area contributed by atoms with Crippen molar-refractivity contribution in [2.75, 3.05) is 12.4 Å². The number of carbonyl (C=O) groups excluding carboxylic acids is 2. The van der Waals surface area contributed by atoms with E-state index in [1.807, 2.05) is 73.1 Å². The summed E-state index contributed by atoms with van der Waals surface area (Å²) in [6.45, 7) is 6.00. The molecule has 0 saturated heterocycles. The van der Waals surface area contributed by atoms with E-state index in [1.54, 1.807) is 11.9 Å². The highest BCUT2D eigenvalue weighted by molar-refractivity contribution is 5.91. The third kappa shape index (κ3) is 4.95. The lowest BCUT2D eigenvalue weighted by atomic mass is 10.1. The SMILES string of the molecule is CC(=O)N(C)Cc1ccccc1NC(=O)CCc1c(C)nn(-c2ccccc2)c1C. The zero-order chi connectivity index (χ0) is 21.7. The summed E-state index contributed by atoms with van der Waals surface area (Å²) in [5.41, 5.74) is 5.75. The lowest BCUT2D eigenvalue weighted by Crippen LogP contribution is -2.24. The van der Waals surface area contributed by atoms with E-state index in [0.29, 0.717) is 19.4 Å². The molecular weight excluding hydrogens is 376 g/mol. The second kappa shape index (κ2) is 9.39. The van der Waals surface area contributed by atoms with Crippen LogP contribution in [-0.2, 0) is 22.6 Å². The number of carbonyl (C=O) groups is 2. The molecule has 6 heteroatoms. The molecule has 3 rings (SSSR count). The number of amides is 2. The predicted octanol–water partition coefficient (Wildman–Crippen LogP) is 4.04. The number of nitrogens with one attached hydrogen (secondary N) is 1. The number of aryl methyl sites for hydroxylation is 1. The Morgan fingerprint density at radius 2 is 1.70 bits per heavy atom. The van der Waals surface area contributed by atoms with Crippen molar-refractivity contribution in [1.82, 2.24) is 14.7 Å². The van der Waals surface area contributed by atoms with E-state index in [2.05, 4.69) is 10.4 Å². The first kappa shape index (κ1) is 21.3. The number of benzene rings is 2. The molecule has 0 spiro atoms. The van der Waals surface area contributed by atoms with Crippen LogP contribution in [0.15, 0.2) is 54.6 Å². The van der Waals surface area contributed by atoms with Gasteiger partial charge < -0.3 is 10.2 Å². The molecule has 0 saturated carbocycles. The maximum absolute atomic E-state index is 12.6. The van der Waals surface area contributed by atoms with Gasteiger partial charge in [0.15, 0.2) is 0 Å². The Morgan fingerprint density at radius 1 is 1.03 bits per heavy atom. The van der Waals surface area contributed by atoms with Gasteiger partial charge >= 0.3 is 0 Å². The number of anilines is 1. The summed E-state index contributed by atoms with van der Waals surface area (Å²) < 4.78 is 1.93. The molecular formula is C24H28N4O2. The molecule has 0 bridgehead atoms. The van der Waals surface area contributed by atoms with E-state index in [1.165, 1.54) is 6.92 Å². The second-order valence-electron chi connectivity index (χ2n) is 7.48. The molecule has 0 aliphatic heterocycles. The first-order valence-electron chi connectivity index (χ1n) is 10.1. The molecule has 0 fully saturated rings. The smallest absolute Gasteiger partial charge is 0.224 e. The quantitative estimate of drug-likeness (QED) is 0.646. The molecule has 3 aromatic rings. The van der Waals surface area contributed by atoms with Crippen molar-refractivity contribution in [2.45, 2.75) is 40.2 Å². The van der Waals surface area contributed by atoms with Crippen molar-refractivity contribution in [3.63, 3.8) is 0 Å². The molecule has 0 aliphatic rings. The summed E-state index contributed by atoms with van der Waals surface area (Å²) in [6.07, 6.45) is 0.977. The molecule has 156 valence electrons. The fourth-order valence-corrected chi connectivity index (χ4v) is 3.46. The lowest BCUT2D eigenvalue weighted by molar-refractivity contribution is -0.128. The third-order valence-corrected chi connectivity index (χ3v) is 5.28. The number of hydrogen-bond donors (Lipinski definition) is 1. The van der Waals surface area contributed by atoms with Gasteiger partial charge in [0.25, 0.3) is 0 Å². The standard InChI is InChI=1S/C24H28N4O2/c1-17-22(18(2)28(26-17)21-11-6-5-7-12-21)14-15-24(30)25-23-13-9-8-10-20(23)16-27(4)19(3)29/h5-13H,14-16H2,1-4H3,(H,25,30). The van der Waals surface area contributed by atoms with Gasteiger partial charge in [0, 0.05) is 38.3 Å². The van der Waals surface area contributed by atoms with Crippen LogP contribution in [0.5, 0.6) is 0 Å². The maximum atomic E-state index is 12.6. The van der Waals surface area contributed by atoms with Crippen LogP contribution in [-0.4, -0.2) is 33.5 Å². The van der Waals surface area contributed by atoms with Gasteiger partial charge in [-0.15, -0.1) is 0 Å². The van der Waals surface area contributed by atoms with E-state index < -0.39 is 0 Å². The summed E-state index contributed by atoms with van der Waals surface area (Å²) in [7, 11) is 1.75. The Hall–Kier alpha value is -3.41. The lowest BCUT2D eigenvalue weighted by Gasteiger charge is -2.18. The summed E-state index contributed by atoms with van der Waals surface area (Å²) >= 11 is 0. The molecule has 0 unspecified atom stereocenters. The highest BCUT2D eigenvalue weighted by Gasteiger charge is 2.15. The van der Waals surface area contributed by atoms with Crippen molar-refractivity contribution in [3.05, 3.63) is 77.1 Å². The highest BCUT2D eigenvalue weighted by Crippen LogP contribution is 2.21. The Bertz CT molecular complexity index is 1040. The third-order valence-electron chi connectivity index (χ3n) is 5.28. The van der Waals surface area contributed by atoms with E-state index in [-0.39, 0.29) is 11.8 Å². The van der Waals surface area contributed by atoms with Crippen molar-refractivity contribution in [3.8, 4) is 5.69 Å². The van der Waals surface area contributed by atoms with E-state index in [4.69, 9.17) is 0 Å². The van der Waals surface area contributed by atoms with Gasteiger partial charge in [-0.2, -0.15) is 5.10 Å². The van der Waals surface area contributed by atoms with Gasteiger partial charge in [-0.25, -0.2) is 4.68 Å². The molecule has 1 aromatic heterocycles. The first-order chi connectivity index (χ1) is 14.4. The maximum Gasteiger partial charge on any atom is 0.224 e. The fraction of sp³-hybridized carbons (Fsp3) is 0.292. The van der Waals surface area contributed by atoms with Gasteiger partial charge in [-0.05, 0) is 49.6 Å². The molecule has 1 heterocycles. The fourth-order valence-electron chi connectivity index (χ4n) is 3.46. The summed E-state index contributed by atoms with van der Waals surface area (Å²) in [4.78, 5) is 25.8. The van der Waals surface area contributed by atoms with Gasteiger partial charge in [-0.1, -0.05) is 36.4 Å². The Kier molecular flexibility index (Phi) is 6.67. The van der Waals surface area contributed by atoms with Crippen molar-refractivity contribution in [2.24, 2.45) is 0 Å². The van der Waals surface area contributed by atoms with E-state index in [9.17, 15) is 9.59 Å². The van der Waals surface area contributed by atoms with E-state index in [0.717, 1.165) is 33.9 Å². The Labute approximate surface area is 177 Å². The monoisotopic (exact) mass is 404 g/mol. The Morgan fingerprint density at radius 3 is 2.40 bits per heavy atom. The Balaban J connectivity index is 1.68. The average Bonchev–Trinajstić information content (AvgIpc) is 3.02. The largest absolute Gasteiger partial charge is 0.342 e. The number of para-hydroxylation sites is 2. The normalized spacial score (nSPS) is 10.7. The van der Waals surface area contributed by atoms with Crippen LogP contribution in [0, 0.1) is 13.8 Å². The molecule has 0 radical (unpaired) electrons. The van der Waals surface area contributed by atoms with Crippen LogP contribution in [0.2, 0.25) is 0 Å². The molecule has 2 amide bonds. The van der Waals surface area contributed by atoms with Crippen LogP contribution in [0.1, 0.15) is 35.9 Å². The van der Waals surface area contributed by atoms with Gasteiger partial charge in [-0.3, -0.25) is 9.59 Å². The first-order valence-corrected chi connectivity index (χ1v) is 10.1. The molecule has 30 heavy (non-hydrogen) atoms. The zero-order valence-corrected chi connectivity index (χ0v) is 18.0. The minimum Gasteiger partial charge on any atom is -0.342 e. The number of aromatic nitrogens is 2. The molecule has 0 atom stereocenters. The highest BCUT2D eigenvalue weighted by atomic mass is 16.2. The minimum absolute atomic E-state index is 0.0162. The van der Waals surface area contributed by atoms with Crippen LogP contribution < -0.4 is 5.32 Å². The van der Waals surface area contributed by atoms with Crippen molar-refractivity contribution in [1.29, 1.82) is 0 Å². The van der Waals surface area contributed by atoms with Gasteiger partial charge in [0.2, 0.25) is 11.8 Å². The number of nitrogens with zero attached hydrogens (tertiary/aromatic N) is 3. The topological polar surface area (TPSA) is 67.2 Å². The van der Waals surface area contributed by atoms with Gasteiger partial charge in [0.05, 0.1) is 11.4 Å². The van der Waals surface area contributed by atoms with Crippen LogP contribution in [0.4, 0.5) is 5.69 Å². The summed E-state index contributed by atoms with van der Waals surface area (Å²) in [5, 5.41) is 7.65. The average molecular weight is 405 g/mol. The molecule has 6 nitrogen and oxygen atoms in total. The van der Waals surface area contributed by atoms with Crippen LogP contribution >= 0.6 is 0 Å². The summed E-state index contributed by atoms with van der Waals surface area (Å²) in [6, 6.07) is 17.6. The molecule has 1 N–H and O–H groups in total. The van der Waals surface area contributed by atoms with E-state index >= 15 is 0 Å².